The molecule has 9 heavy (non-hydrogen) atoms. The second-order valence-corrected chi connectivity index (χ2v) is 2.63. The highest BCUT2D eigenvalue weighted by atomic mass is 16.1. The number of carbonyl (C=O) groups is 1. The molecule has 52 valence electrons. The fourth-order valence-corrected chi connectivity index (χ4v) is 0.477. The van der Waals surface area contributed by atoms with Crippen molar-refractivity contribution in [2.75, 3.05) is 0 Å². The molecule has 0 aromatic heterocycles. The molecule has 0 saturated carbocycles. The van der Waals surface area contributed by atoms with Crippen LogP contribution < -0.4 is 0 Å². The van der Waals surface area contributed by atoms with Gasteiger partial charge in [0.05, 0.1) is 0 Å². The molecule has 0 rings (SSSR count). The number of rotatable bonds is 3. The Morgan fingerprint density at radius 2 is 2.11 bits per heavy atom. The molecule has 0 fully saturated rings. The molecule has 0 aromatic carbocycles. The molecule has 0 aliphatic carbocycles. The summed E-state index contributed by atoms with van der Waals surface area (Å²) >= 11 is 0. The topological polar surface area (TPSA) is 17.1 Å². The fourth-order valence-electron chi connectivity index (χ4n) is 0.477. The van der Waals surface area contributed by atoms with Crippen LogP contribution in [0.5, 0.6) is 0 Å². The summed E-state index contributed by atoms with van der Waals surface area (Å²) in [6.45, 7) is 6.00. The molecule has 0 spiro atoms. The molecule has 1 nitrogen and oxygen atoms in total. The molecule has 0 aliphatic rings. The molecule has 0 unspecified atom stereocenters. The monoisotopic (exact) mass is 126 g/mol. The smallest absolute Gasteiger partial charge is 0.123 e. The number of carbonyl (C=O) groups excluding carboxylic acids is 1. The highest BCUT2D eigenvalue weighted by Crippen LogP contribution is 2.01. The molecule has 0 bridgehead atoms. The minimum Gasteiger partial charge on any atom is -0.303 e. The third kappa shape index (κ3) is 5.28. The van der Waals surface area contributed by atoms with Crippen molar-refractivity contribution in [2.45, 2.75) is 27.2 Å². The van der Waals surface area contributed by atoms with Crippen molar-refractivity contribution < 1.29 is 4.79 Å². The van der Waals surface area contributed by atoms with Crippen molar-refractivity contribution in [1.29, 1.82) is 0 Å². The lowest BCUT2D eigenvalue weighted by Gasteiger charge is -1.95. The van der Waals surface area contributed by atoms with E-state index in [2.05, 4.69) is 6.08 Å². The van der Waals surface area contributed by atoms with Crippen molar-refractivity contribution in [2.24, 2.45) is 5.92 Å². The van der Waals surface area contributed by atoms with Gasteiger partial charge in [-0.05, 0) is 20.3 Å². The van der Waals surface area contributed by atoms with E-state index in [0.29, 0.717) is 0 Å². The van der Waals surface area contributed by atoms with Crippen molar-refractivity contribution in [3.63, 3.8) is 0 Å². The van der Waals surface area contributed by atoms with Crippen LogP contribution in [0.3, 0.4) is 0 Å². The van der Waals surface area contributed by atoms with E-state index in [0.717, 1.165) is 12.7 Å². The first-order chi connectivity index (χ1) is 4.16. The fraction of sp³-hybridized carbons (Fsp3) is 0.625. The third-order valence-electron chi connectivity index (χ3n) is 1.13. The summed E-state index contributed by atoms with van der Waals surface area (Å²) in [5, 5.41) is 0. The van der Waals surface area contributed by atoms with Gasteiger partial charge in [0.2, 0.25) is 0 Å². The first-order valence-corrected chi connectivity index (χ1v) is 3.25. The van der Waals surface area contributed by atoms with Gasteiger partial charge in [-0.15, -0.1) is 0 Å². The van der Waals surface area contributed by atoms with Crippen molar-refractivity contribution in [1.82, 2.24) is 0 Å². The van der Waals surface area contributed by atoms with Crippen LogP contribution in [0.2, 0.25) is 0 Å². The molecule has 0 amide bonds. The Kier molecular flexibility index (Phi) is 4.02. The van der Waals surface area contributed by atoms with Crippen LogP contribution in [0.15, 0.2) is 11.6 Å². The van der Waals surface area contributed by atoms with E-state index in [-0.39, 0.29) is 5.92 Å². The molecule has 0 radical (unpaired) electrons. The lowest BCUT2D eigenvalue weighted by Crippen LogP contribution is -1.92. The largest absolute Gasteiger partial charge is 0.303 e. The van der Waals surface area contributed by atoms with E-state index in [9.17, 15) is 4.79 Å². The van der Waals surface area contributed by atoms with Crippen molar-refractivity contribution in [3.05, 3.63) is 11.6 Å². The van der Waals surface area contributed by atoms with Gasteiger partial charge in [0.15, 0.2) is 0 Å². The van der Waals surface area contributed by atoms with Gasteiger partial charge < -0.3 is 4.79 Å². The van der Waals surface area contributed by atoms with E-state index in [1.807, 2.05) is 20.8 Å². The van der Waals surface area contributed by atoms with Gasteiger partial charge in [-0.25, -0.2) is 0 Å². The zero-order valence-corrected chi connectivity index (χ0v) is 6.35. The molecule has 0 N–H and O–H groups in total. The molecular weight excluding hydrogens is 112 g/mol. The zero-order valence-electron chi connectivity index (χ0n) is 6.35. The molecule has 1 heteroatoms. The highest BCUT2D eigenvalue weighted by Gasteiger charge is 1.93. The first kappa shape index (κ1) is 8.41. The molecule has 1 atom stereocenters. The predicted octanol–water partition coefficient (Wildman–Crippen LogP) is 2.18. The average molecular weight is 126 g/mol. The van der Waals surface area contributed by atoms with Crippen LogP contribution in [0.25, 0.3) is 0 Å². The van der Waals surface area contributed by atoms with Crippen molar-refractivity contribution in [3.8, 4) is 0 Å². The summed E-state index contributed by atoms with van der Waals surface area (Å²) in [5.74, 6) is 0.180. The maximum Gasteiger partial charge on any atom is 0.123 e. The van der Waals surface area contributed by atoms with Gasteiger partial charge >= 0.3 is 0 Å². The Bertz CT molecular complexity index is 110. The quantitative estimate of drug-likeness (QED) is 0.418. The van der Waals surface area contributed by atoms with Crippen molar-refractivity contribution >= 4 is 6.29 Å². The molecule has 0 aliphatic heterocycles. The van der Waals surface area contributed by atoms with Crippen LogP contribution >= 0.6 is 0 Å². The Labute approximate surface area is 56.8 Å². The van der Waals surface area contributed by atoms with Gasteiger partial charge in [-0.3, -0.25) is 0 Å². The van der Waals surface area contributed by atoms with Gasteiger partial charge in [0, 0.05) is 5.92 Å². The predicted molar refractivity (Wildman–Crippen MR) is 39.3 cm³/mol. The summed E-state index contributed by atoms with van der Waals surface area (Å²) in [5.41, 5.74) is 1.28. The van der Waals surface area contributed by atoms with Crippen LogP contribution in [0.1, 0.15) is 27.2 Å². The van der Waals surface area contributed by atoms with E-state index in [1.54, 1.807) is 0 Å². The van der Waals surface area contributed by atoms with Crippen LogP contribution in [-0.2, 0) is 4.79 Å². The van der Waals surface area contributed by atoms with E-state index in [1.165, 1.54) is 5.57 Å². The minimum atomic E-state index is 0.180. The second kappa shape index (κ2) is 4.30. The minimum absolute atomic E-state index is 0.180. The van der Waals surface area contributed by atoms with Gasteiger partial charge in [-0.1, -0.05) is 18.6 Å². The summed E-state index contributed by atoms with van der Waals surface area (Å²) in [6.07, 6.45) is 3.95. The maximum absolute atomic E-state index is 10.1. The highest BCUT2D eigenvalue weighted by molar-refractivity contribution is 5.53. The van der Waals surface area contributed by atoms with Crippen LogP contribution in [-0.4, -0.2) is 6.29 Å². The maximum atomic E-state index is 10.1. The van der Waals surface area contributed by atoms with E-state index >= 15 is 0 Å². The van der Waals surface area contributed by atoms with Gasteiger partial charge in [-0.2, -0.15) is 0 Å². The summed E-state index contributed by atoms with van der Waals surface area (Å²) in [7, 11) is 0. The normalized spacial score (nSPS) is 12.3. The van der Waals surface area contributed by atoms with Crippen LogP contribution in [0, 0.1) is 5.92 Å². The van der Waals surface area contributed by atoms with Gasteiger partial charge in [0.25, 0.3) is 0 Å². The molecule has 0 saturated heterocycles. The lowest BCUT2D eigenvalue weighted by atomic mass is 10.1. The SMILES string of the molecule is CC(C)=CC[C@H](C)C=O. The summed E-state index contributed by atoms with van der Waals surface area (Å²) in [4.78, 5) is 10.1. The standard InChI is InChI=1S/C8H14O/c1-7(2)4-5-8(3)6-9/h4,6,8H,5H2,1-3H3/t8-/m0/s1. The summed E-state index contributed by atoms with van der Waals surface area (Å²) in [6, 6.07) is 0. The Morgan fingerprint density at radius 3 is 2.44 bits per heavy atom. The van der Waals surface area contributed by atoms with Crippen LogP contribution in [0.4, 0.5) is 0 Å². The third-order valence-corrected chi connectivity index (χ3v) is 1.13. The Morgan fingerprint density at radius 1 is 1.56 bits per heavy atom. The Hall–Kier alpha value is -0.590. The number of hydrogen-bond acceptors (Lipinski definition) is 1. The molecular formula is C8H14O. The molecule has 0 aromatic rings. The summed E-state index contributed by atoms with van der Waals surface area (Å²) < 4.78 is 0. The number of allylic oxidation sites excluding steroid dienone is 2. The van der Waals surface area contributed by atoms with E-state index < -0.39 is 0 Å². The second-order valence-electron chi connectivity index (χ2n) is 2.63. The average Bonchev–Trinajstić information content (AvgIpc) is 1.83. The number of aldehydes is 1. The van der Waals surface area contributed by atoms with Gasteiger partial charge in [0.1, 0.15) is 6.29 Å². The van der Waals surface area contributed by atoms with E-state index in [4.69, 9.17) is 0 Å². The molecule has 0 heterocycles. The number of hydrogen-bond donors (Lipinski definition) is 0. The lowest BCUT2D eigenvalue weighted by molar-refractivity contribution is -0.110. The Balaban J connectivity index is 3.49. The zero-order chi connectivity index (χ0) is 7.28. The first-order valence-electron chi connectivity index (χ1n) is 3.25.